The molecule has 3 aromatic rings. The number of anilines is 1. The second-order valence-corrected chi connectivity index (χ2v) is 10.4. The van der Waals surface area contributed by atoms with Gasteiger partial charge in [0, 0.05) is 42.8 Å². The minimum absolute atomic E-state index is 0.0106. The van der Waals surface area contributed by atoms with Gasteiger partial charge in [-0.2, -0.15) is 17.6 Å². The molecule has 3 heterocycles. The van der Waals surface area contributed by atoms with Gasteiger partial charge in [0.25, 0.3) is 5.91 Å². The summed E-state index contributed by atoms with van der Waals surface area (Å²) in [6, 6.07) is 7.14. The number of halogens is 4. The van der Waals surface area contributed by atoms with Crippen LogP contribution in [0.2, 0.25) is 0 Å². The normalized spacial score (nSPS) is 15.2. The van der Waals surface area contributed by atoms with Gasteiger partial charge in [-0.25, -0.2) is 0 Å². The third-order valence-electron chi connectivity index (χ3n) is 6.07. The third-order valence-corrected chi connectivity index (χ3v) is 7.87. The molecule has 34 heavy (non-hydrogen) atoms. The Balaban J connectivity index is 1.17. The maximum absolute atomic E-state index is 14.7. The van der Waals surface area contributed by atoms with Crippen LogP contribution in [0.1, 0.15) is 40.9 Å². The molecule has 1 saturated heterocycles. The molecule has 0 saturated carbocycles. The largest absolute Gasteiger partial charge is 0.416 e. The van der Waals surface area contributed by atoms with Crippen molar-refractivity contribution in [1.29, 1.82) is 0 Å². The number of rotatable bonds is 9. The monoisotopic (exact) mass is 513 g/mol. The van der Waals surface area contributed by atoms with Crippen LogP contribution in [0.5, 0.6) is 0 Å². The van der Waals surface area contributed by atoms with Crippen LogP contribution < -0.4 is 10.2 Å². The molecule has 1 aromatic carbocycles. The van der Waals surface area contributed by atoms with Crippen LogP contribution in [0.15, 0.2) is 35.7 Å². The van der Waals surface area contributed by atoms with Crippen LogP contribution >= 0.6 is 22.7 Å². The number of thiophene rings is 2. The van der Waals surface area contributed by atoms with Gasteiger partial charge in [0.1, 0.15) is 0 Å². The molecular weight excluding hydrogens is 486 g/mol. The molecule has 1 aliphatic rings. The zero-order valence-corrected chi connectivity index (χ0v) is 20.3. The average Bonchev–Trinajstić information content (AvgIpc) is 3.45. The van der Waals surface area contributed by atoms with Crippen molar-refractivity contribution < 1.29 is 22.4 Å². The first-order valence-corrected chi connectivity index (χ1v) is 13.1. The van der Waals surface area contributed by atoms with E-state index >= 15 is 0 Å². The van der Waals surface area contributed by atoms with Crippen LogP contribution in [0, 0.1) is 5.13 Å². The van der Waals surface area contributed by atoms with Gasteiger partial charge in [-0.3, -0.25) is 9.69 Å². The summed E-state index contributed by atoms with van der Waals surface area (Å²) in [6.45, 7) is 4.55. The summed E-state index contributed by atoms with van der Waals surface area (Å²) in [5.41, 5.74) is -0.319. The van der Waals surface area contributed by atoms with E-state index in [2.05, 4.69) is 10.2 Å². The summed E-state index contributed by atoms with van der Waals surface area (Å²) in [5, 5.41) is 4.96. The Morgan fingerprint density at radius 3 is 2.50 bits per heavy atom. The van der Waals surface area contributed by atoms with E-state index in [-0.39, 0.29) is 5.91 Å². The Labute approximate surface area is 204 Å². The number of amides is 1. The van der Waals surface area contributed by atoms with E-state index in [4.69, 9.17) is 0 Å². The van der Waals surface area contributed by atoms with Gasteiger partial charge in [0.05, 0.1) is 16.1 Å². The van der Waals surface area contributed by atoms with Crippen molar-refractivity contribution in [2.24, 2.45) is 0 Å². The SMILES string of the molecule is O=C(NCCCCCCN1CCN(c2c(F)sc3cc(C(F)(F)F)ccc23)CC1)c1cccs1. The number of hydrogen-bond acceptors (Lipinski definition) is 5. The lowest BCUT2D eigenvalue weighted by Crippen LogP contribution is -2.46. The van der Waals surface area contributed by atoms with Crippen molar-refractivity contribution in [2.45, 2.75) is 31.9 Å². The van der Waals surface area contributed by atoms with Gasteiger partial charge >= 0.3 is 6.18 Å². The number of hydrogen-bond donors (Lipinski definition) is 1. The predicted octanol–water partition coefficient (Wildman–Crippen LogP) is 6.23. The number of fused-ring (bicyclic) bond motifs is 1. The summed E-state index contributed by atoms with van der Waals surface area (Å²) in [6.07, 6.45) is -0.282. The van der Waals surface area contributed by atoms with Gasteiger partial charge in [0.15, 0.2) is 0 Å². The molecule has 4 rings (SSSR count). The van der Waals surface area contributed by atoms with E-state index in [9.17, 15) is 22.4 Å². The van der Waals surface area contributed by atoms with Crippen LogP contribution in [-0.2, 0) is 6.18 Å². The summed E-state index contributed by atoms with van der Waals surface area (Å²) in [5.74, 6) is -0.0106. The van der Waals surface area contributed by atoms with Crippen LogP contribution in [0.25, 0.3) is 10.1 Å². The first-order chi connectivity index (χ1) is 16.3. The molecular formula is C24H27F4N3OS2. The lowest BCUT2D eigenvalue weighted by molar-refractivity contribution is -0.137. The fraction of sp³-hybridized carbons (Fsp3) is 0.458. The minimum atomic E-state index is -4.43. The standard InChI is InChI=1S/C24H27F4N3OS2/c25-22-21(18-8-7-17(24(26,27)28)16-20(18)34-22)31-13-11-30(12-14-31)10-4-2-1-3-9-29-23(32)19-6-5-15-33-19/h5-8,15-16H,1-4,9-14H2,(H,29,32). The maximum Gasteiger partial charge on any atom is 0.416 e. The maximum atomic E-state index is 14.7. The summed E-state index contributed by atoms with van der Waals surface area (Å²) in [4.78, 5) is 16.9. The smallest absolute Gasteiger partial charge is 0.365 e. The Kier molecular flexibility index (Phi) is 8.10. The van der Waals surface area contributed by atoms with Crippen molar-refractivity contribution in [3.05, 3.63) is 51.3 Å². The average molecular weight is 514 g/mol. The minimum Gasteiger partial charge on any atom is -0.365 e. The molecule has 1 amide bonds. The molecule has 1 fully saturated rings. The quantitative estimate of drug-likeness (QED) is 0.272. The van der Waals surface area contributed by atoms with Crippen LogP contribution in [-0.4, -0.2) is 50.1 Å². The Morgan fingerprint density at radius 2 is 1.79 bits per heavy atom. The van der Waals surface area contributed by atoms with E-state index in [1.54, 1.807) is 0 Å². The zero-order chi connectivity index (χ0) is 24.1. The van der Waals surface area contributed by atoms with E-state index < -0.39 is 16.9 Å². The fourth-order valence-electron chi connectivity index (χ4n) is 4.23. The predicted molar refractivity (Wildman–Crippen MR) is 131 cm³/mol. The molecule has 0 unspecified atom stereocenters. The fourth-order valence-corrected chi connectivity index (χ4v) is 5.86. The van der Waals surface area contributed by atoms with E-state index in [0.29, 0.717) is 35.4 Å². The van der Waals surface area contributed by atoms with Crippen molar-refractivity contribution in [1.82, 2.24) is 10.2 Å². The molecule has 1 N–H and O–H groups in total. The van der Waals surface area contributed by atoms with E-state index in [0.717, 1.165) is 73.7 Å². The lowest BCUT2D eigenvalue weighted by atomic mass is 10.1. The van der Waals surface area contributed by atoms with Gasteiger partial charge in [-0.15, -0.1) is 22.7 Å². The highest BCUT2D eigenvalue weighted by Crippen LogP contribution is 2.40. The summed E-state index contributed by atoms with van der Waals surface area (Å²) < 4.78 is 53.9. The molecule has 0 aliphatic carbocycles. The number of unbranched alkanes of at least 4 members (excludes halogenated alkanes) is 3. The second-order valence-electron chi connectivity index (χ2n) is 8.41. The number of benzene rings is 1. The molecule has 4 nitrogen and oxygen atoms in total. The molecule has 0 spiro atoms. The number of nitrogens with one attached hydrogen (secondary N) is 1. The van der Waals surface area contributed by atoms with Crippen LogP contribution in [0.4, 0.5) is 23.2 Å². The Bertz CT molecular complexity index is 1090. The highest BCUT2D eigenvalue weighted by atomic mass is 32.1. The first kappa shape index (κ1) is 24.9. The Hall–Kier alpha value is -2.17. The number of piperazine rings is 1. The number of carbonyl (C=O) groups excluding carboxylic acids is 1. The van der Waals surface area contributed by atoms with Crippen molar-refractivity contribution in [2.75, 3.05) is 44.2 Å². The highest BCUT2D eigenvalue weighted by Gasteiger charge is 2.31. The molecule has 0 radical (unpaired) electrons. The highest BCUT2D eigenvalue weighted by molar-refractivity contribution is 7.18. The van der Waals surface area contributed by atoms with Gasteiger partial charge < -0.3 is 10.2 Å². The lowest BCUT2D eigenvalue weighted by Gasteiger charge is -2.36. The Morgan fingerprint density at radius 1 is 1.03 bits per heavy atom. The first-order valence-electron chi connectivity index (χ1n) is 11.4. The topological polar surface area (TPSA) is 35.6 Å². The molecule has 184 valence electrons. The van der Waals surface area contributed by atoms with Crippen molar-refractivity contribution in [3.8, 4) is 0 Å². The van der Waals surface area contributed by atoms with E-state index in [1.165, 1.54) is 17.4 Å². The molecule has 0 bridgehead atoms. The second kappa shape index (κ2) is 11.0. The van der Waals surface area contributed by atoms with Gasteiger partial charge in [0.2, 0.25) is 5.13 Å². The van der Waals surface area contributed by atoms with Gasteiger partial charge in [-0.1, -0.05) is 25.0 Å². The number of carbonyl (C=O) groups is 1. The number of nitrogens with zero attached hydrogens (tertiary/aromatic N) is 2. The van der Waals surface area contributed by atoms with Crippen molar-refractivity contribution >= 4 is 44.4 Å². The van der Waals surface area contributed by atoms with Crippen molar-refractivity contribution in [3.63, 3.8) is 0 Å². The summed E-state index contributed by atoms with van der Waals surface area (Å²) in [7, 11) is 0. The van der Waals surface area contributed by atoms with Gasteiger partial charge in [-0.05, 0) is 43.0 Å². The number of alkyl halides is 3. The molecule has 1 aliphatic heterocycles. The molecule has 0 atom stereocenters. The zero-order valence-electron chi connectivity index (χ0n) is 18.7. The molecule has 10 heteroatoms. The third kappa shape index (κ3) is 6.09. The summed E-state index contributed by atoms with van der Waals surface area (Å²) >= 11 is 2.22. The van der Waals surface area contributed by atoms with E-state index in [1.807, 2.05) is 22.4 Å². The van der Waals surface area contributed by atoms with Crippen LogP contribution in [0.3, 0.4) is 0 Å². The molecule has 2 aromatic heterocycles.